The van der Waals surface area contributed by atoms with Gasteiger partial charge in [-0.25, -0.2) is 0 Å². The van der Waals surface area contributed by atoms with Gasteiger partial charge in [-0.2, -0.15) is 0 Å². The maximum absolute atomic E-state index is 10.6. The molecular formula is C8H18O2Si. The Balaban J connectivity index is 3.86. The lowest BCUT2D eigenvalue weighted by Gasteiger charge is -2.23. The van der Waals surface area contributed by atoms with E-state index in [4.69, 9.17) is 4.74 Å². The van der Waals surface area contributed by atoms with Gasteiger partial charge in [0, 0.05) is 12.1 Å². The van der Waals surface area contributed by atoms with Crippen LogP contribution in [-0.4, -0.2) is 27.6 Å². The van der Waals surface area contributed by atoms with E-state index >= 15 is 0 Å². The van der Waals surface area contributed by atoms with Crippen molar-refractivity contribution in [1.29, 1.82) is 0 Å². The van der Waals surface area contributed by atoms with Gasteiger partial charge in [-0.05, 0) is 6.92 Å². The largest absolute Gasteiger partial charge is 0.381 e. The topological polar surface area (TPSA) is 26.3 Å². The van der Waals surface area contributed by atoms with Gasteiger partial charge in [0.1, 0.15) is 6.29 Å². The Morgan fingerprint density at radius 1 is 1.45 bits per heavy atom. The molecule has 0 aromatic heterocycles. The van der Waals surface area contributed by atoms with E-state index in [9.17, 15) is 4.79 Å². The Hall–Kier alpha value is -0.153. The summed E-state index contributed by atoms with van der Waals surface area (Å²) < 4.78 is 5.22. The zero-order valence-electron chi connectivity index (χ0n) is 7.89. The number of rotatable bonds is 5. The predicted molar refractivity (Wildman–Crippen MR) is 49.7 cm³/mol. The molecule has 1 atom stereocenters. The Labute approximate surface area is 69.9 Å². The molecule has 0 saturated heterocycles. The van der Waals surface area contributed by atoms with E-state index in [2.05, 4.69) is 19.6 Å². The number of carbonyl (C=O) groups excluding carboxylic acids is 1. The van der Waals surface area contributed by atoms with Gasteiger partial charge in [-0.3, -0.25) is 0 Å². The monoisotopic (exact) mass is 174 g/mol. The van der Waals surface area contributed by atoms with Gasteiger partial charge in [0.25, 0.3) is 0 Å². The molecule has 0 aliphatic heterocycles. The molecule has 0 aliphatic carbocycles. The van der Waals surface area contributed by atoms with E-state index < -0.39 is 8.07 Å². The average Bonchev–Trinajstić information content (AvgIpc) is 1.87. The fourth-order valence-corrected chi connectivity index (χ4v) is 1.76. The van der Waals surface area contributed by atoms with Gasteiger partial charge >= 0.3 is 0 Å². The van der Waals surface area contributed by atoms with E-state index in [1.807, 2.05) is 6.92 Å². The third-order valence-corrected chi connectivity index (χ3v) is 4.31. The van der Waals surface area contributed by atoms with Crippen LogP contribution in [-0.2, 0) is 9.53 Å². The second-order valence-corrected chi connectivity index (χ2v) is 9.24. The molecule has 3 heteroatoms. The summed E-state index contributed by atoms with van der Waals surface area (Å²) in [5, 5.41) is 0. The minimum Gasteiger partial charge on any atom is -0.381 e. The summed E-state index contributed by atoms with van der Waals surface area (Å²) in [6, 6.07) is 0. The van der Waals surface area contributed by atoms with Gasteiger partial charge in [-0.1, -0.05) is 19.6 Å². The minimum atomic E-state index is -1.32. The van der Waals surface area contributed by atoms with Crippen molar-refractivity contribution in [3.8, 4) is 0 Å². The van der Waals surface area contributed by atoms with Crippen LogP contribution in [0.2, 0.25) is 25.2 Å². The molecule has 0 aromatic carbocycles. The van der Waals surface area contributed by atoms with Gasteiger partial charge < -0.3 is 9.53 Å². The van der Waals surface area contributed by atoms with Crippen molar-refractivity contribution in [3.05, 3.63) is 0 Å². The van der Waals surface area contributed by atoms with Crippen molar-refractivity contribution < 1.29 is 9.53 Å². The van der Waals surface area contributed by atoms with Crippen LogP contribution < -0.4 is 0 Å². The highest BCUT2D eigenvalue weighted by Crippen LogP contribution is 2.19. The Bertz CT molecular complexity index is 118. The summed E-state index contributed by atoms with van der Waals surface area (Å²) in [4.78, 5) is 10.6. The molecule has 2 nitrogen and oxygen atoms in total. The van der Waals surface area contributed by atoms with Crippen LogP contribution in [0.25, 0.3) is 0 Å². The average molecular weight is 174 g/mol. The molecule has 0 heterocycles. The summed E-state index contributed by atoms with van der Waals surface area (Å²) in [5.41, 5.74) is 0.155. The van der Waals surface area contributed by atoms with Gasteiger partial charge in [-0.15, -0.1) is 0 Å². The van der Waals surface area contributed by atoms with Crippen molar-refractivity contribution in [2.75, 3.05) is 13.2 Å². The molecule has 0 saturated carbocycles. The Kier molecular flexibility index (Phi) is 4.60. The number of hydrogen-bond acceptors (Lipinski definition) is 2. The fraction of sp³-hybridized carbons (Fsp3) is 0.875. The lowest BCUT2D eigenvalue weighted by atomic mass is 10.5. The third kappa shape index (κ3) is 4.32. The molecule has 0 N–H and O–H groups in total. The molecule has 0 spiro atoms. The zero-order chi connectivity index (χ0) is 8.91. The van der Waals surface area contributed by atoms with E-state index in [1.165, 1.54) is 0 Å². The summed E-state index contributed by atoms with van der Waals surface area (Å²) in [6.07, 6.45) is 1.04. The molecule has 66 valence electrons. The second-order valence-electron chi connectivity index (χ2n) is 3.77. The molecule has 0 bridgehead atoms. The van der Waals surface area contributed by atoms with E-state index in [0.29, 0.717) is 13.2 Å². The van der Waals surface area contributed by atoms with Crippen LogP contribution in [0.15, 0.2) is 0 Å². The first-order valence-corrected chi connectivity index (χ1v) is 7.63. The smallest absolute Gasteiger partial charge is 0.122 e. The number of hydrogen-bond donors (Lipinski definition) is 0. The lowest BCUT2D eigenvalue weighted by Crippen LogP contribution is -2.32. The first-order chi connectivity index (χ1) is 5.02. The fourth-order valence-electron chi connectivity index (χ4n) is 0.738. The van der Waals surface area contributed by atoms with Gasteiger partial charge in [0.2, 0.25) is 0 Å². The SMILES string of the molecule is CCOCC(C=O)[Si](C)(C)C. The van der Waals surface area contributed by atoms with Crippen LogP contribution in [0.4, 0.5) is 0 Å². The highest BCUT2D eigenvalue weighted by molar-refractivity contribution is 6.79. The number of aldehydes is 1. The maximum Gasteiger partial charge on any atom is 0.122 e. The zero-order valence-corrected chi connectivity index (χ0v) is 8.89. The summed E-state index contributed by atoms with van der Waals surface area (Å²) in [5.74, 6) is 0. The Morgan fingerprint density at radius 3 is 2.27 bits per heavy atom. The molecule has 0 fully saturated rings. The molecule has 0 aromatic rings. The van der Waals surface area contributed by atoms with Crippen LogP contribution in [0.5, 0.6) is 0 Å². The quantitative estimate of drug-likeness (QED) is 0.470. The molecule has 1 unspecified atom stereocenters. The van der Waals surface area contributed by atoms with Gasteiger partial charge in [0.05, 0.1) is 14.7 Å². The first kappa shape index (κ1) is 10.8. The van der Waals surface area contributed by atoms with E-state index in [0.717, 1.165) is 6.29 Å². The molecule has 0 aliphatic rings. The maximum atomic E-state index is 10.6. The highest BCUT2D eigenvalue weighted by atomic mass is 28.3. The summed E-state index contributed by atoms with van der Waals surface area (Å²) in [6.45, 7) is 9.82. The van der Waals surface area contributed by atoms with Crippen molar-refractivity contribution in [2.24, 2.45) is 0 Å². The van der Waals surface area contributed by atoms with E-state index in [1.54, 1.807) is 0 Å². The molecule has 0 amide bonds. The lowest BCUT2D eigenvalue weighted by molar-refractivity contribution is -0.108. The van der Waals surface area contributed by atoms with Crippen molar-refractivity contribution in [3.63, 3.8) is 0 Å². The normalized spacial score (nSPS) is 14.5. The first-order valence-electron chi connectivity index (χ1n) is 4.05. The minimum absolute atomic E-state index is 0.155. The van der Waals surface area contributed by atoms with Crippen molar-refractivity contribution in [2.45, 2.75) is 32.1 Å². The highest BCUT2D eigenvalue weighted by Gasteiger charge is 2.25. The summed E-state index contributed by atoms with van der Waals surface area (Å²) in [7, 11) is -1.32. The van der Waals surface area contributed by atoms with E-state index in [-0.39, 0.29) is 5.54 Å². The van der Waals surface area contributed by atoms with Crippen LogP contribution in [0.3, 0.4) is 0 Å². The Morgan fingerprint density at radius 2 is 2.00 bits per heavy atom. The third-order valence-electron chi connectivity index (χ3n) is 1.78. The summed E-state index contributed by atoms with van der Waals surface area (Å²) >= 11 is 0. The van der Waals surface area contributed by atoms with Crippen molar-refractivity contribution >= 4 is 14.4 Å². The molecule has 0 rings (SSSR count). The van der Waals surface area contributed by atoms with Crippen LogP contribution >= 0.6 is 0 Å². The second kappa shape index (κ2) is 4.67. The predicted octanol–water partition coefficient (Wildman–Crippen LogP) is 1.93. The number of ether oxygens (including phenoxy) is 1. The molecule has 0 radical (unpaired) electrons. The molecular weight excluding hydrogens is 156 g/mol. The van der Waals surface area contributed by atoms with Gasteiger partial charge in [0.15, 0.2) is 0 Å². The van der Waals surface area contributed by atoms with Crippen LogP contribution in [0.1, 0.15) is 6.92 Å². The standard InChI is InChI=1S/C8H18O2Si/c1-5-10-7-8(6-9)11(2,3)4/h6,8H,5,7H2,1-4H3. The van der Waals surface area contributed by atoms with Crippen molar-refractivity contribution in [1.82, 2.24) is 0 Å². The van der Waals surface area contributed by atoms with Crippen LogP contribution in [0, 0.1) is 0 Å². The molecule has 11 heavy (non-hydrogen) atoms. The number of carbonyl (C=O) groups is 1.